The number of aromatic nitrogens is 3. The summed E-state index contributed by atoms with van der Waals surface area (Å²) in [5.41, 5.74) is 3.15. The summed E-state index contributed by atoms with van der Waals surface area (Å²) in [6.07, 6.45) is 3.37. The Labute approximate surface area is 160 Å². The summed E-state index contributed by atoms with van der Waals surface area (Å²) in [5, 5.41) is 10.8. The lowest BCUT2D eigenvalue weighted by Gasteiger charge is -2.10. The molecular formula is C21H17FN4O2. The molecule has 0 bridgehead atoms. The summed E-state index contributed by atoms with van der Waals surface area (Å²) in [5.74, 6) is -0.212. The number of pyridine rings is 1. The highest BCUT2D eigenvalue weighted by Gasteiger charge is 2.17. The molecule has 0 aliphatic heterocycles. The fraction of sp³-hybridized carbons (Fsp3) is 0.0952. The Hall–Kier alpha value is -3.74. The van der Waals surface area contributed by atoms with Crippen LogP contribution in [0.1, 0.15) is 15.9 Å². The third-order valence-electron chi connectivity index (χ3n) is 4.40. The zero-order chi connectivity index (χ0) is 19.5. The van der Waals surface area contributed by atoms with Gasteiger partial charge in [0.15, 0.2) is 0 Å². The van der Waals surface area contributed by atoms with E-state index in [4.69, 9.17) is 4.74 Å². The van der Waals surface area contributed by atoms with Crippen molar-refractivity contribution in [1.82, 2.24) is 20.5 Å². The molecule has 0 fully saturated rings. The highest BCUT2D eigenvalue weighted by Crippen LogP contribution is 2.31. The van der Waals surface area contributed by atoms with Gasteiger partial charge in [0.05, 0.1) is 18.2 Å². The van der Waals surface area contributed by atoms with Crippen LogP contribution >= 0.6 is 0 Å². The van der Waals surface area contributed by atoms with E-state index >= 15 is 0 Å². The van der Waals surface area contributed by atoms with Gasteiger partial charge in [0.1, 0.15) is 17.3 Å². The first-order valence-corrected chi connectivity index (χ1v) is 8.65. The first-order valence-electron chi connectivity index (χ1n) is 8.65. The van der Waals surface area contributed by atoms with Crippen molar-refractivity contribution < 1.29 is 13.9 Å². The van der Waals surface area contributed by atoms with E-state index in [-0.39, 0.29) is 11.7 Å². The third-order valence-corrected chi connectivity index (χ3v) is 4.40. The maximum Gasteiger partial charge on any atom is 0.255 e. The maximum absolute atomic E-state index is 13.6. The Kier molecular flexibility index (Phi) is 4.72. The van der Waals surface area contributed by atoms with Crippen molar-refractivity contribution in [3.8, 4) is 17.0 Å². The minimum atomic E-state index is -0.350. The summed E-state index contributed by atoms with van der Waals surface area (Å²) in [4.78, 5) is 16.8. The summed E-state index contributed by atoms with van der Waals surface area (Å²) >= 11 is 0. The van der Waals surface area contributed by atoms with Crippen molar-refractivity contribution in [2.75, 3.05) is 7.11 Å². The lowest BCUT2D eigenvalue weighted by Crippen LogP contribution is -2.23. The molecule has 0 saturated carbocycles. The zero-order valence-electron chi connectivity index (χ0n) is 15.1. The number of aromatic amines is 1. The molecule has 1 amide bonds. The van der Waals surface area contributed by atoms with Gasteiger partial charge < -0.3 is 10.1 Å². The van der Waals surface area contributed by atoms with Gasteiger partial charge >= 0.3 is 0 Å². The van der Waals surface area contributed by atoms with Gasteiger partial charge in [-0.2, -0.15) is 5.10 Å². The van der Waals surface area contributed by atoms with Crippen LogP contribution in [-0.4, -0.2) is 28.2 Å². The second-order valence-corrected chi connectivity index (χ2v) is 6.22. The standard InChI is InChI=1S/C21H17FN4O2/c1-28-19-10-18-16(20(26-25-18)14-5-2-6-15(22)8-14)9-17(19)21(27)24-12-13-4-3-7-23-11-13/h2-11H,12H2,1H3,(H,24,27)(H,25,26). The number of hydrogen-bond acceptors (Lipinski definition) is 4. The van der Waals surface area contributed by atoms with E-state index in [1.807, 2.05) is 12.1 Å². The number of amides is 1. The van der Waals surface area contributed by atoms with E-state index in [0.29, 0.717) is 40.0 Å². The second kappa shape index (κ2) is 7.48. The quantitative estimate of drug-likeness (QED) is 0.557. The molecule has 7 heteroatoms. The van der Waals surface area contributed by atoms with Crippen LogP contribution in [-0.2, 0) is 6.54 Å². The molecule has 0 aliphatic rings. The van der Waals surface area contributed by atoms with Crippen LogP contribution in [0.5, 0.6) is 5.75 Å². The molecule has 140 valence electrons. The van der Waals surface area contributed by atoms with E-state index in [2.05, 4.69) is 20.5 Å². The fourth-order valence-corrected chi connectivity index (χ4v) is 3.03. The van der Waals surface area contributed by atoms with Crippen LogP contribution in [0.25, 0.3) is 22.2 Å². The molecule has 4 aromatic rings. The van der Waals surface area contributed by atoms with Crippen molar-refractivity contribution >= 4 is 16.8 Å². The lowest BCUT2D eigenvalue weighted by atomic mass is 10.0. The van der Waals surface area contributed by atoms with Crippen molar-refractivity contribution in [2.45, 2.75) is 6.54 Å². The predicted octanol–water partition coefficient (Wildman–Crippen LogP) is 3.70. The van der Waals surface area contributed by atoms with E-state index in [1.165, 1.54) is 19.2 Å². The number of ether oxygens (including phenoxy) is 1. The fourth-order valence-electron chi connectivity index (χ4n) is 3.03. The molecule has 0 aliphatic carbocycles. The Balaban J connectivity index is 1.70. The monoisotopic (exact) mass is 376 g/mol. The topological polar surface area (TPSA) is 79.9 Å². The molecule has 2 aromatic carbocycles. The van der Waals surface area contributed by atoms with Crippen molar-refractivity contribution in [2.24, 2.45) is 0 Å². The number of fused-ring (bicyclic) bond motifs is 1. The molecule has 2 aromatic heterocycles. The molecule has 0 saturated heterocycles. The first-order chi connectivity index (χ1) is 13.7. The molecule has 4 rings (SSSR count). The summed E-state index contributed by atoms with van der Waals surface area (Å²) in [6.45, 7) is 0.343. The Bertz CT molecular complexity index is 1140. The molecule has 0 spiro atoms. The predicted molar refractivity (Wildman–Crippen MR) is 103 cm³/mol. The maximum atomic E-state index is 13.6. The molecule has 28 heavy (non-hydrogen) atoms. The molecule has 0 unspecified atom stereocenters. The number of hydrogen-bond donors (Lipinski definition) is 2. The zero-order valence-corrected chi connectivity index (χ0v) is 15.1. The number of nitrogens with one attached hydrogen (secondary N) is 2. The van der Waals surface area contributed by atoms with E-state index in [1.54, 1.807) is 36.7 Å². The SMILES string of the molecule is COc1cc2[nH]nc(-c3cccc(F)c3)c2cc1C(=O)NCc1cccnc1. The normalized spacial score (nSPS) is 10.8. The number of halogens is 1. The number of rotatable bonds is 5. The third kappa shape index (κ3) is 3.42. The average molecular weight is 376 g/mol. The van der Waals surface area contributed by atoms with Crippen molar-refractivity contribution in [3.05, 3.63) is 77.9 Å². The van der Waals surface area contributed by atoms with Gasteiger partial charge in [0.25, 0.3) is 5.91 Å². The average Bonchev–Trinajstić information content (AvgIpc) is 3.14. The smallest absolute Gasteiger partial charge is 0.255 e. The van der Waals surface area contributed by atoms with E-state index in [0.717, 1.165) is 5.56 Å². The molecular weight excluding hydrogens is 359 g/mol. The number of H-pyrrole nitrogens is 1. The van der Waals surface area contributed by atoms with Gasteiger partial charge in [-0.1, -0.05) is 18.2 Å². The molecule has 2 N–H and O–H groups in total. The van der Waals surface area contributed by atoms with Crippen LogP contribution in [0, 0.1) is 5.82 Å². The molecule has 0 radical (unpaired) electrons. The Morgan fingerprint density at radius 1 is 1.21 bits per heavy atom. The van der Waals surface area contributed by atoms with Crippen molar-refractivity contribution in [1.29, 1.82) is 0 Å². The van der Waals surface area contributed by atoms with E-state index in [9.17, 15) is 9.18 Å². The second-order valence-electron chi connectivity index (χ2n) is 6.22. The van der Waals surface area contributed by atoms with Gasteiger partial charge in [0, 0.05) is 36.0 Å². The van der Waals surface area contributed by atoms with Crippen LogP contribution < -0.4 is 10.1 Å². The number of carbonyl (C=O) groups excluding carboxylic acids is 1. The Morgan fingerprint density at radius 3 is 2.86 bits per heavy atom. The number of carbonyl (C=O) groups is 1. The highest BCUT2D eigenvalue weighted by molar-refractivity contribution is 6.04. The number of methoxy groups -OCH3 is 1. The highest BCUT2D eigenvalue weighted by atomic mass is 19.1. The first kappa shape index (κ1) is 17.7. The van der Waals surface area contributed by atoms with Gasteiger partial charge in [0.2, 0.25) is 0 Å². The van der Waals surface area contributed by atoms with Crippen LogP contribution in [0.15, 0.2) is 60.9 Å². The van der Waals surface area contributed by atoms with Gasteiger partial charge in [-0.3, -0.25) is 14.9 Å². The van der Waals surface area contributed by atoms with E-state index < -0.39 is 0 Å². The number of nitrogens with zero attached hydrogens (tertiary/aromatic N) is 2. The lowest BCUT2D eigenvalue weighted by molar-refractivity contribution is 0.0948. The summed E-state index contributed by atoms with van der Waals surface area (Å²) in [6, 6.07) is 13.3. The number of benzene rings is 2. The van der Waals surface area contributed by atoms with Crippen LogP contribution in [0.2, 0.25) is 0 Å². The largest absolute Gasteiger partial charge is 0.496 e. The van der Waals surface area contributed by atoms with Crippen LogP contribution in [0.3, 0.4) is 0 Å². The van der Waals surface area contributed by atoms with Crippen LogP contribution in [0.4, 0.5) is 4.39 Å². The van der Waals surface area contributed by atoms with Gasteiger partial charge in [-0.15, -0.1) is 0 Å². The van der Waals surface area contributed by atoms with Crippen molar-refractivity contribution in [3.63, 3.8) is 0 Å². The molecule has 6 nitrogen and oxygen atoms in total. The summed E-state index contributed by atoms with van der Waals surface area (Å²) < 4.78 is 19.0. The minimum Gasteiger partial charge on any atom is -0.496 e. The molecule has 2 heterocycles. The Morgan fingerprint density at radius 2 is 2.11 bits per heavy atom. The van der Waals surface area contributed by atoms with Gasteiger partial charge in [-0.05, 0) is 29.8 Å². The minimum absolute atomic E-state index is 0.283. The molecule has 0 atom stereocenters. The summed E-state index contributed by atoms with van der Waals surface area (Å²) in [7, 11) is 1.50. The van der Waals surface area contributed by atoms with Gasteiger partial charge in [-0.25, -0.2) is 4.39 Å².